The number of nitrogens with zero attached hydrogens (tertiary/aromatic N) is 2. The van der Waals surface area contributed by atoms with Crippen LogP contribution in [0, 0.1) is 5.41 Å². The minimum absolute atomic E-state index is 0.0411. The fraction of sp³-hybridized carbons (Fsp3) is 0.488. The summed E-state index contributed by atoms with van der Waals surface area (Å²) in [4.78, 5) is 32.3. The third-order valence-electron chi connectivity index (χ3n) is 12.8. The maximum atomic E-state index is 14.3. The maximum Gasteiger partial charge on any atom is 0.247 e. The lowest BCUT2D eigenvalue weighted by molar-refractivity contribution is -0.126. The van der Waals surface area contributed by atoms with Gasteiger partial charge in [0.25, 0.3) is 0 Å². The van der Waals surface area contributed by atoms with Crippen LogP contribution >= 0.6 is 0 Å². The molecule has 3 aromatic carbocycles. The van der Waals surface area contributed by atoms with E-state index in [1.54, 1.807) is 7.11 Å². The van der Waals surface area contributed by atoms with Crippen molar-refractivity contribution in [2.24, 2.45) is 5.41 Å². The molecule has 4 atom stereocenters. The second-order valence-corrected chi connectivity index (χ2v) is 15.7. The van der Waals surface area contributed by atoms with Crippen LogP contribution in [-0.2, 0) is 11.2 Å². The first kappa shape index (κ1) is 35.4. The molecule has 8 rings (SSSR count). The van der Waals surface area contributed by atoms with Crippen LogP contribution in [-0.4, -0.2) is 77.5 Å². The Hall–Kier alpha value is -3.98. The summed E-state index contributed by atoms with van der Waals surface area (Å²) >= 11 is 0. The molecular weight excluding hydrogens is 638 g/mol. The van der Waals surface area contributed by atoms with Gasteiger partial charge in [0.05, 0.1) is 25.5 Å². The van der Waals surface area contributed by atoms with E-state index >= 15 is 0 Å². The van der Waals surface area contributed by atoms with Crippen LogP contribution in [0.25, 0.3) is 0 Å². The topological polar surface area (TPSA) is 102 Å². The van der Waals surface area contributed by atoms with Gasteiger partial charge in [0.15, 0.2) is 5.78 Å². The molecule has 3 aliphatic carbocycles. The molecule has 2 saturated heterocycles. The Morgan fingerprint density at radius 2 is 1.73 bits per heavy atom. The number of hydrogen-bond acceptors (Lipinski definition) is 7. The summed E-state index contributed by atoms with van der Waals surface area (Å²) in [5.74, 6) is 0.695. The predicted octanol–water partition coefficient (Wildman–Crippen LogP) is 6.39. The summed E-state index contributed by atoms with van der Waals surface area (Å²) in [5.41, 5.74) is 3.39. The van der Waals surface area contributed by atoms with Gasteiger partial charge in [-0.1, -0.05) is 48.9 Å². The first-order valence-corrected chi connectivity index (χ1v) is 18.8. The fourth-order valence-corrected chi connectivity index (χ4v) is 9.58. The number of methoxy groups -OCH3 is 1. The fourth-order valence-electron chi connectivity index (χ4n) is 9.58. The van der Waals surface area contributed by atoms with Crippen LogP contribution < -0.4 is 15.0 Å². The molecule has 1 saturated carbocycles. The molecule has 0 unspecified atom stereocenters. The van der Waals surface area contributed by atoms with Gasteiger partial charge < -0.3 is 30.1 Å². The average molecular weight is 692 g/mol. The summed E-state index contributed by atoms with van der Waals surface area (Å²) in [6, 6.07) is 23.6. The third-order valence-corrected chi connectivity index (χ3v) is 12.8. The highest BCUT2D eigenvalue weighted by atomic mass is 16.5. The highest BCUT2D eigenvalue weighted by molar-refractivity contribution is 6.10. The summed E-state index contributed by atoms with van der Waals surface area (Å²) in [6.45, 7) is 6.85. The number of carbonyl (C=O) groups excluding carboxylic acids is 2. The molecule has 51 heavy (non-hydrogen) atoms. The molecule has 2 bridgehead atoms. The third kappa shape index (κ3) is 6.62. The van der Waals surface area contributed by atoms with E-state index in [2.05, 4.69) is 59.3 Å². The quantitative estimate of drug-likeness (QED) is 0.203. The lowest BCUT2D eigenvalue weighted by Gasteiger charge is -2.49. The molecule has 5 aliphatic rings. The highest BCUT2D eigenvalue weighted by Crippen LogP contribution is 2.59. The molecule has 8 heteroatoms. The Bertz CT molecular complexity index is 1770. The number of rotatable bonds is 6. The Balaban J connectivity index is 1.20. The van der Waals surface area contributed by atoms with Crippen molar-refractivity contribution in [3.8, 4) is 5.75 Å². The summed E-state index contributed by atoms with van der Waals surface area (Å²) in [5, 5.41) is 27.0. The maximum absolute atomic E-state index is 14.3. The van der Waals surface area contributed by atoms with Gasteiger partial charge in [-0.2, -0.15) is 0 Å². The Kier molecular flexibility index (Phi) is 9.87. The SMILES string of the molecule is COc1ccc(C(=O)c2cc3ccc2[C@@H]2CC[C@@](O)(CN4CCC5(CC4)C(=O)NCN5c4ccccc4)[C@@]2(C)CCC=C(C)CC[C@H](O)C3)cc1. The molecule has 270 valence electrons. The lowest BCUT2D eigenvalue weighted by Crippen LogP contribution is -2.59. The highest BCUT2D eigenvalue weighted by Gasteiger charge is 2.58. The Morgan fingerprint density at radius 3 is 2.45 bits per heavy atom. The van der Waals surface area contributed by atoms with E-state index in [0.29, 0.717) is 62.2 Å². The predicted molar refractivity (Wildman–Crippen MR) is 200 cm³/mol. The minimum Gasteiger partial charge on any atom is -0.497 e. The molecule has 2 aliphatic heterocycles. The van der Waals surface area contributed by atoms with Crippen molar-refractivity contribution in [3.05, 3.63) is 107 Å². The van der Waals surface area contributed by atoms with E-state index in [0.717, 1.165) is 55.6 Å². The first-order chi connectivity index (χ1) is 24.5. The first-order valence-electron chi connectivity index (χ1n) is 18.8. The van der Waals surface area contributed by atoms with Crippen molar-refractivity contribution < 1.29 is 24.5 Å². The van der Waals surface area contributed by atoms with E-state index in [4.69, 9.17) is 4.74 Å². The Labute approximate surface area is 302 Å². The number of aliphatic hydroxyl groups excluding tert-OH is 1. The van der Waals surface area contributed by atoms with Crippen molar-refractivity contribution in [2.75, 3.05) is 38.3 Å². The number of β-amino-alcohol motifs (C(OH)–C–C–N with tert-alkyl or cyclic N) is 1. The monoisotopic (exact) mass is 691 g/mol. The Morgan fingerprint density at radius 1 is 0.980 bits per heavy atom. The number of amides is 1. The molecule has 1 spiro atoms. The van der Waals surface area contributed by atoms with Gasteiger partial charge in [0.2, 0.25) is 5.91 Å². The molecular formula is C43H53N3O5. The molecule has 0 radical (unpaired) electrons. The molecule has 0 aromatic heterocycles. The number of hydrogen-bond donors (Lipinski definition) is 3. The van der Waals surface area contributed by atoms with Gasteiger partial charge in [0, 0.05) is 41.9 Å². The van der Waals surface area contributed by atoms with E-state index in [-0.39, 0.29) is 17.6 Å². The molecule has 3 fully saturated rings. The van der Waals surface area contributed by atoms with Crippen molar-refractivity contribution >= 4 is 17.4 Å². The zero-order valence-corrected chi connectivity index (χ0v) is 30.4. The largest absolute Gasteiger partial charge is 0.497 e. The van der Waals surface area contributed by atoms with Gasteiger partial charge >= 0.3 is 0 Å². The van der Waals surface area contributed by atoms with Gasteiger partial charge in [-0.05, 0) is 124 Å². The van der Waals surface area contributed by atoms with Crippen LogP contribution in [0.1, 0.15) is 98.2 Å². The summed E-state index contributed by atoms with van der Waals surface area (Å²) < 4.78 is 5.36. The summed E-state index contributed by atoms with van der Waals surface area (Å²) in [7, 11) is 1.62. The van der Waals surface area contributed by atoms with Crippen molar-refractivity contribution in [2.45, 2.75) is 94.8 Å². The zero-order valence-electron chi connectivity index (χ0n) is 30.4. The number of piperidine rings is 1. The number of carbonyl (C=O) groups is 2. The molecule has 3 N–H and O–H groups in total. The number of ether oxygens (including phenoxy) is 1. The van der Waals surface area contributed by atoms with Crippen molar-refractivity contribution in [3.63, 3.8) is 0 Å². The second kappa shape index (κ2) is 14.2. The van der Waals surface area contributed by atoms with Crippen LogP contribution in [0.15, 0.2) is 84.4 Å². The standard InChI is InChI=1S/C43H53N3O5/c1-30-8-7-20-41(2)38(36-18-12-31(26-34(47)15-11-30)27-37(36)39(48)32-13-16-35(51-3)17-14-32)19-21-43(41,50)28-45-24-22-42(23-25-45)40(49)44-29-46(42)33-9-5-4-6-10-33/h4-6,8-10,12-14,16-18,27,34,38,47,50H,7,11,15,19-26,28-29H2,1-3H3,(H,44,49)/t34-,38-,41-,43+/m0/s1. The number of para-hydroxylation sites is 1. The summed E-state index contributed by atoms with van der Waals surface area (Å²) in [6.07, 6.45) is 8.11. The number of benzene rings is 3. The number of anilines is 1. The molecule has 2 heterocycles. The normalized spacial score (nSPS) is 28.2. The van der Waals surface area contributed by atoms with Gasteiger partial charge in [-0.15, -0.1) is 0 Å². The number of aliphatic hydroxyl groups is 2. The molecule has 3 aromatic rings. The number of nitrogens with one attached hydrogen (secondary N) is 1. The van der Waals surface area contributed by atoms with Crippen LogP contribution in [0.3, 0.4) is 0 Å². The second-order valence-electron chi connectivity index (χ2n) is 15.7. The van der Waals surface area contributed by atoms with E-state index in [9.17, 15) is 19.8 Å². The van der Waals surface area contributed by atoms with Crippen LogP contribution in [0.4, 0.5) is 5.69 Å². The minimum atomic E-state index is -0.993. The van der Waals surface area contributed by atoms with Gasteiger partial charge in [-0.25, -0.2) is 0 Å². The average Bonchev–Trinajstić information content (AvgIpc) is 3.59. The lowest BCUT2D eigenvalue weighted by atomic mass is 9.64. The van der Waals surface area contributed by atoms with E-state index in [1.807, 2.05) is 48.5 Å². The molecule has 8 nitrogen and oxygen atoms in total. The van der Waals surface area contributed by atoms with Gasteiger partial charge in [-0.3, -0.25) is 9.59 Å². The smallest absolute Gasteiger partial charge is 0.247 e. The number of ketones is 1. The number of allylic oxidation sites excluding steroid dienone is 2. The number of likely N-dealkylation sites (tertiary alicyclic amines) is 1. The van der Waals surface area contributed by atoms with Gasteiger partial charge in [0.1, 0.15) is 11.3 Å². The molecule has 1 amide bonds. The van der Waals surface area contributed by atoms with E-state index in [1.165, 1.54) is 5.57 Å². The van der Waals surface area contributed by atoms with Crippen molar-refractivity contribution in [1.82, 2.24) is 10.2 Å². The van der Waals surface area contributed by atoms with Crippen LogP contribution in [0.5, 0.6) is 5.75 Å². The van der Waals surface area contributed by atoms with E-state index < -0.39 is 22.7 Å². The zero-order chi connectivity index (χ0) is 35.8. The number of fused-ring (bicyclic) bond motifs is 8. The van der Waals surface area contributed by atoms with Crippen molar-refractivity contribution in [1.29, 1.82) is 0 Å². The van der Waals surface area contributed by atoms with Crippen LogP contribution in [0.2, 0.25) is 0 Å².